The number of ether oxygens (including phenoxy) is 2. The molecule has 1 amide bonds. The molecular formula is C28H34F3N5O5. The van der Waals surface area contributed by atoms with Gasteiger partial charge in [0.1, 0.15) is 23.6 Å². The molecule has 41 heavy (non-hydrogen) atoms. The predicted octanol–water partition coefficient (Wildman–Crippen LogP) is 6.01. The highest BCUT2D eigenvalue weighted by Crippen LogP contribution is 2.38. The van der Waals surface area contributed by atoms with Crippen molar-refractivity contribution in [3.05, 3.63) is 52.1 Å². The summed E-state index contributed by atoms with van der Waals surface area (Å²) in [6, 6.07) is 8.53. The van der Waals surface area contributed by atoms with Gasteiger partial charge in [0.2, 0.25) is 5.88 Å². The van der Waals surface area contributed by atoms with E-state index in [0.29, 0.717) is 57.7 Å². The van der Waals surface area contributed by atoms with Crippen molar-refractivity contribution in [2.75, 3.05) is 36.4 Å². The van der Waals surface area contributed by atoms with Crippen molar-refractivity contribution in [1.29, 1.82) is 0 Å². The minimum Gasteiger partial charge on any atom is -0.474 e. The van der Waals surface area contributed by atoms with Crippen molar-refractivity contribution < 1.29 is 32.4 Å². The van der Waals surface area contributed by atoms with E-state index < -0.39 is 22.4 Å². The summed E-state index contributed by atoms with van der Waals surface area (Å²) in [5.41, 5.74) is -2.02. The molecule has 1 aromatic heterocycles. The topological polar surface area (TPSA) is 110 Å². The highest BCUT2D eigenvalue weighted by atomic mass is 19.4. The number of alkyl halides is 3. The molecule has 0 atom stereocenters. The van der Waals surface area contributed by atoms with Crippen molar-refractivity contribution in [2.24, 2.45) is 0 Å². The fourth-order valence-corrected chi connectivity index (χ4v) is 5.73. The number of nitro benzene ring substituents is 1. The summed E-state index contributed by atoms with van der Waals surface area (Å²) in [6.45, 7) is 2.42. The monoisotopic (exact) mass is 577 g/mol. The van der Waals surface area contributed by atoms with Gasteiger partial charge in [0.05, 0.1) is 4.92 Å². The van der Waals surface area contributed by atoms with Gasteiger partial charge in [-0.3, -0.25) is 10.1 Å². The van der Waals surface area contributed by atoms with E-state index in [9.17, 15) is 28.1 Å². The van der Waals surface area contributed by atoms with Crippen LogP contribution >= 0.6 is 0 Å². The van der Waals surface area contributed by atoms with Crippen LogP contribution < -0.4 is 15.0 Å². The number of benzene rings is 1. The summed E-state index contributed by atoms with van der Waals surface area (Å²) in [7, 11) is 0. The molecule has 0 bridgehead atoms. The van der Waals surface area contributed by atoms with E-state index in [2.05, 4.69) is 15.2 Å². The Labute approximate surface area is 236 Å². The number of piperazine rings is 1. The Morgan fingerprint density at radius 2 is 1.68 bits per heavy atom. The molecule has 0 radical (unpaired) electrons. The number of nitrogens with zero attached hydrogens (tertiary/aromatic N) is 4. The number of amides is 1. The van der Waals surface area contributed by atoms with Crippen LogP contribution in [0.15, 0.2) is 36.4 Å². The lowest BCUT2D eigenvalue weighted by molar-refractivity contribution is -0.388. The van der Waals surface area contributed by atoms with E-state index in [1.807, 2.05) is 12.1 Å². The van der Waals surface area contributed by atoms with Crippen molar-refractivity contribution >= 4 is 23.3 Å². The van der Waals surface area contributed by atoms with Crippen LogP contribution in [-0.4, -0.2) is 65.3 Å². The van der Waals surface area contributed by atoms with Gasteiger partial charge < -0.3 is 24.6 Å². The minimum atomic E-state index is -4.82. The van der Waals surface area contributed by atoms with Crippen LogP contribution in [0, 0.1) is 10.1 Å². The van der Waals surface area contributed by atoms with Gasteiger partial charge in [0.25, 0.3) is 5.69 Å². The number of halogens is 3. The van der Waals surface area contributed by atoms with E-state index >= 15 is 0 Å². The summed E-state index contributed by atoms with van der Waals surface area (Å²) in [5.74, 6) is 1.28. The number of rotatable bonds is 7. The van der Waals surface area contributed by atoms with Crippen LogP contribution in [0.5, 0.6) is 5.88 Å². The summed E-state index contributed by atoms with van der Waals surface area (Å²) in [4.78, 5) is 31.0. The number of carbonyl (C=O) groups excluding carboxylic acids is 1. The first-order valence-electron chi connectivity index (χ1n) is 14.1. The normalized spacial score (nSPS) is 21.9. The van der Waals surface area contributed by atoms with Crippen LogP contribution in [0.2, 0.25) is 0 Å². The standard InChI is InChI=1S/C28H34F3N5O5/c29-28(30,31)23-18-20(10-13-24(23)36(38)39)32-19-8-11-22(12-9-19)40-26-7-3-6-25(33-26)34-14-16-35(17-15-34)27(37)41-21-4-1-2-5-21/h3,6-7,10,13,18-19,21-22,32H,1-2,4-5,8-9,11-12,14-17H2. The molecule has 2 aromatic rings. The first-order chi connectivity index (χ1) is 19.7. The average Bonchev–Trinajstić information content (AvgIpc) is 3.47. The van der Waals surface area contributed by atoms with Crippen molar-refractivity contribution in [2.45, 2.75) is 75.8 Å². The van der Waals surface area contributed by atoms with Gasteiger partial charge in [-0.15, -0.1) is 0 Å². The molecule has 0 unspecified atom stereocenters. The van der Waals surface area contributed by atoms with Crippen molar-refractivity contribution in [1.82, 2.24) is 9.88 Å². The maximum absolute atomic E-state index is 13.3. The summed E-state index contributed by atoms with van der Waals surface area (Å²) in [5, 5.41) is 14.1. The van der Waals surface area contributed by atoms with Crippen LogP contribution in [0.25, 0.3) is 0 Å². The molecular weight excluding hydrogens is 543 g/mol. The van der Waals surface area contributed by atoms with E-state index in [1.54, 1.807) is 11.0 Å². The summed E-state index contributed by atoms with van der Waals surface area (Å²) in [6.07, 6.45) is 1.74. The van der Waals surface area contributed by atoms with Gasteiger partial charge >= 0.3 is 12.3 Å². The first-order valence-corrected chi connectivity index (χ1v) is 14.1. The number of pyridine rings is 1. The Hall–Kier alpha value is -3.77. The highest BCUT2D eigenvalue weighted by molar-refractivity contribution is 5.68. The minimum absolute atomic E-state index is 0.0476. The fraction of sp³-hybridized carbons (Fsp3) is 0.571. The molecule has 1 saturated heterocycles. The number of aromatic nitrogens is 1. The number of nitro groups is 1. The molecule has 2 aliphatic carbocycles. The lowest BCUT2D eigenvalue weighted by Gasteiger charge is -2.35. The van der Waals surface area contributed by atoms with E-state index in [-0.39, 0.29) is 30.0 Å². The Bertz CT molecular complexity index is 1220. The SMILES string of the molecule is O=C(OC1CCCC1)N1CCN(c2cccc(OC3CCC(Nc4ccc([N+](=O)[O-])c(C(F)(F)F)c4)CC3)n2)CC1. The Balaban J connectivity index is 1.09. The number of nitrogens with one attached hydrogen (secondary N) is 1. The third kappa shape index (κ3) is 7.31. The lowest BCUT2D eigenvalue weighted by atomic mass is 9.92. The van der Waals surface area contributed by atoms with Gasteiger partial charge in [-0.05, 0) is 69.6 Å². The zero-order valence-electron chi connectivity index (χ0n) is 22.6. The molecule has 5 rings (SSSR count). The Kier molecular flexibility index (Phi) is 8.69. The second-order valence-corrected chi connectivity index (χ2v) is 10.8. The molecule has 222 valence electrons. The lowest BCUT2D eigenvalue weighted by Crippen LogP contribution is -2.49. The summed E-state index contributed by atoms with van der Waals surface area (Å²) >= 11 is 0. The average molecular weight is 578 g/mol. The van der Waals surface area contributed by atoms with E-state index in [4.69, 9.17) is 9.47 Å². The molecule has 3 aliphatic rings. The van der Waals surface area contributed by atoms with Gasteiger partial charge in [-0.1, -0.05) is 6.07 Å². The Morgan fingerprint density at radius 3 is 2.34 bits per heavy atom. The predicted molar refractivity (Wildman–Crippen MR) is 145 cm³/mol. The molecule has 1 N–H and O–H groups in total. The first kappa shape index (κ1) is 28.7. The van der Waals surface area contributed by atoms with E-state index in [0.717, 1.165) is 43.6 Å². The molecule has 2 saturated carbocycles. The number of anilines is 2. The van der Waals surface area contributed by atoms with Gasteiger partial charge in [0.15, 0.2) is 0 Å². The molecule has 3 fully saturated rings. The van der Waals surface area contributed by atoms with Gasteiger partial charge in [0, 0.05) is 50.0 Å². The Morgan fingerprint density at radius 1 is 0.976 bits per heavy atom. The van der Waals surface area contributed by atoms with Crippen molar-refractivity contribution in [3.63, 3.8) is 0 Å². The van der Waals surface area contributed by atoms with Crippen LogP contribution in [0.3, 0.4) is 0 Å². The summed E-state index contributed by atoms with van der Waals surface area (Å²) < 4.78 is 51.7. The highest BCUT2D eigenvalue weighted by Gasteiger charge is 2.38. The van der Waals surface area contributed by atoms with Gasteiger partial charge in [-0.25, -0.2) is 4.79 Å². The maximum atomic E-state index is 13.3. The largest absolute Gasteiger partial charge is 0.474 e. The third-order valence-electron chi connectivity index (χ3n) is 7.97. The maximum Gasteiger partial charge on any atom is 0.423 e. The van der Waals surface area contributed by atoms with Crippen LogP contribution in [0.1, 0.15) is 56.9 Å². The molecule has 1 aromatic carbocycles. The third-order valence-corrected chi connectivity index (χ3v) is 7.97. The van der Waals surface area contributed by atoms with Crippen LogP contribution in [0.4, 0.5) is 35.2 Å². The molecule has 0 spiro atoms. The van der Waals surface area contributed by atoms with Crippen molar-refractivity contribution in [3.8, 4) is 5.88 Å². The van der Waals surface area contributed by atoms with E-state index in [1.165, 1.54) is 6.07 Å². The number of hydrogen-bond acceptors (Lipinski definition) is 8. The number of hydrogen-bond donors (Lipinski definition) is 1. The zero-order valence-corrected chi connectivity index (χ0v) is 22.6. The second kappa shape index (κ2) is 12.4. The van der Waals surface area contributed by atoms with Gasteiger partial charge in [-0.2, -0.15) is 18.2 Å². The molecule has 13 heteroatoms. The zero-order chi connectivity index (χ0) is 29.0. The second-order valence-electron chi connectivity index (χ2n) is 10.8. The molecule has 10 nitrogen and oxygen atoms in total. The quantitative estimate of drug-likeness (QED) is 0.315. The smallest absolute Gasteiger partial charge is 0.423 e. The number of carbonyl (C=O) groups is 1. The molecule has 1 aliphatic heterocycles. The molecule has 2 heterocycles. The fourth-order valence-electron chi connectivity index (χ4n) is 5.73. The van der Waals surface area contributed by atoms with Crippen LogP contribution in [-0.2, 0) is 10.9 Å².